The number of allylic oxidation sites excluding steroid dienone is 3. The molecule has 9 unspecified atom stereocenters. The fraction of sp³-hybridized carbons (Fsp3) is 0.896. The van der Waals surface area contributed by atoms with Gasteiger partial charge in [-0.05, 0) is 110 Å². The molecule has 0 saturated heterocycles. The summed E-state index contributed by atoms with van der Waals surface area (Å²) < 4.78 is 6.15. The molecule has 4 rings (SSSR count). The van der Waals surface area contributed by atoms with E-state index in [1.165, 1.54) is 141 Å². The summed E-state index contributed by atoms with van der Waals surface area (Å²) >= 11 is 0. The van der Waals surface area contributed by atoms with Gasteiger partial charge in [-0.2, -0.15) is 0 Å². The van der Waals surface area contributed by atoms with Crippen LogP contribution in [-0.4, -0.2) is 12.1 Å². The minimum Gasteiger partial charge on any atom is -0.462 e. The normalized spacial score (nSPS) is 32.0. The number of hydrogen-bond acceptors (Lipinski definition) is 2. The summed E-state index contributed by atoms with van der Waals surface area (Å²) in [7, 11) is 0. The van der Waals surface area contributed by atoms with Gasteiger partial charge in [-0.3, -0.25) is 4.79 Å². The summed E-state index contributed by atoms with van der Waals surface area (Å²) in [5, 5.41) is 0. The van der Waals surface area contributed by atoms with Crippen LogP contribution in [0.5, 0.6) is 0 Å². The molecule has 288 valence electrons. The average molecular weight is 693 g/mol. The second kappa shape index (κ2) is 21.0. The highest BCUT2D eigenvalue weighted by Crippen LogP contribution is 2.67. The molecule has 0 aromatic heterocycles. The minimum atomic E-state index is 0.0607. The fourth-order valence-corrected chi connectivity index (χ4v) is 12.0. The number of unbranched alkanes of at least 4 members (excludes halogenated alkanes) is 15. The molecule has 3 fully saturated rings. The summed E-state index contributed by atoms with van der Waals surface area (Å²) in [4.78, 5) is 12.9. The SMILES string of the molecule is CCCCCCCCCCCCCCCCCCC(=O)OC1CCC2(C)C(=CCC3C2CCC2(C)C(C(C)/C=C/C(CC)C(C)C)CCC32)C1. The van der Waals surface area contributed by atoms with Gasteiger partial charge in [0.15, 0.2) is 0 Å². The Hall–Kier alpha value is -1.05. The van der Waals surface area contributed by atoms with Crippen LogP contribution < -0.4 is 0 Å². The zero-order chi connectivity index (χ0) is 36.0. The van der Waals surface area contributed by atoms with Gasteiger partial charge in [0.05, 0.1) is 0 Å². The third-order valence-electron chi connectivity index (χ3n) is 15.3. The second-order valence-corrected chi connectivity index (χ2v) is 19.0. The molecule has 0 heterocycles. The molecule has 0 N–H and O–H groups in total. The molecule has 0 aromatic carbocycles. The molecule has 9 atom stereocenters. The molecule has 0 aromatic rings. The summed E-state index contributed by atoms with van der Waals surface area (Å²) in [6.07, 6.45) is 41.8. The van der Waals surface area contributed by atoms with Crippen molar-refractivity contribution in [3.05, 3.63) is 23.8 Å². The van der Waals surface area contributed by atoms with Gasteiger partial charge in [-0.15, -0.1) is 0 Å². The topological polar surface area (TPSA) is 26.3 Å². The maximum absolute atomic E-state index is 12.9. The van der Waals surface area contributed by atoms with E-state index in [1.807, 2.05) is 0 Å². The summed E-state index contributed by atoms with van der Waals surface area (Å²) in [6.45, 7) is 17.2. The zero-order valence-corrected chi connectivity index (χ0v) is 34.6. The van der Waals surface area contributed by atoms with Crippen LogP contribution >= 0.6 is 0 Å². The Morgan fingerprint density at radius 2 is 1.36 bits per heavy atom. The molecule has 0 amide bonds. The number of fused-ring (bicyclic) bond motifs is 5. The van der Waals surface area contributed by atoms with Crippen molar-refractivity contribution in [2.45, 2.75) is 222 Å². The van der Waals surface area contributed by atoms with Crippen molar-refractivity contribution >= 4 is 5.97 Å². The Morgan fingerprint density at radius 3 is 1.94 bits per heavy atom. The van der Waals surface area contributed by atoms with E-state index in [4.69, 9.17) is 4.74 Å². The number of hydrogen-bond donors (Lipinski definition) is 0. The van der Waals surface area contributed by atoms with Crippen LogP contribution in [0.15, 0.2) is 23.8 Å². The average Bonchev–Trinajstić information content (AvgIpc) is 3.45. The summed E-state index contributed by atoms with van der Waals surface area (Å²) in [5.74, 6) is 5.56. The molecule has 0 aliphatic heterocycles. The van der Waals surface area contributed by atoms with Crippen molar-refractivity contribution in [3.63, 3.8) is 0 Å². The van der Waals surface area contributed by atoms with Gasteiger partial charge in [-0.1, -0.05) is 169 Å². The first-order chi connectivity index (χ1) is 24.1. The van der Waals surface area contributed by atoms with Gasteiger partial charge < -0.3 is 4.74 Å². The van der Waals surface area contributed by atoms with Crippen LogP contribution in [0.1, 0.15) is 215 Å². The molecule has 2 nitrogen and oxygen atoms in total. The molecule has 0 radical (unpaired) electrons. The lowest BCUT2D eigenvalue weighted by Crippen LogP contribution is -2.51. The first kappa shape index (κ1) is 41.7. The van der Waals surface area contributed by atoms with E-state index in [9.17, 15) is 4.79 Å². The van der Waals surface area contributed by atoms with Crippen LogP contribution in [0.25, 0.3) is 0 Å². The lowest BCUT2D eigenvalue weighted by molar-refractivity contribution is -0.151. The molecule has 2 heteroatoms. The van der Waals surface area contributed by atoms with Gasteiger partial charge in [0, 0.05) is 12.8 Å². The molecule has 4 aliphatic carbocycles. The molecule has 0 spiro atoms. The molecule has 50 heavy (non-hydrogen) atoms. The third kappa shape index (κ3) is 11.2. The van der Waals surface area contributed by atoms with E-state index in [0.29, 0.717) is 29.1 Å². The van der Waals surface area contributed by atoms with Crippen molar-refractivity contribution in [2.24, 2.45) is 52.3 Å². The van der Waals surface area contributed by atoms with Crippen molar-refractivity contribution in [3.8, 4) is 0 Å². The van der Waals surface area contributed by atoms with Crippen LogP contribution in [0.2, 0.25) is 0 Å². The maximum Gasteiger partial charge on any atom is 0.306 e. The third-order valence-corrected chi connectivity index (χ3v) is 15.3. The van der Waals surface area contributed by atoms with Crippen molar-refractivity contribution in [2.75, 3.05) is 0 Å². The largest absolute Gasteiger partial charge is 0.462 e. The molecular weight excluding hydrogens is 609 g/mol. The van der Waals surface area contributed by atoms with E-state index in [-0.39, 0.29) is 12.1 Å². The highest BCUT2D eigenvalue weighted by molar-refractivity contribution is 5.69. The smallest absolute Gasteiger partial charge is 0.306 e. The zero-order valence-electron chi connectivity index (χ0n) is 34.6. The van der Waals surface area contributed by atoms with Crippen molar-refractivity contribution < 1.29 is 9.53 Å². The maximum atomic E-state index is 12.9. The number of rotatable bonds is 23. The van der Waals surface area contributed by atoms with Gasteiger partial charge in [0.1, 0.15) is 6.10 Å². The molecule has 4 aliphatic rings. The predicted molar refractivity (Wildman–Crippen MR) is 216 cm³/mol. The number of ether oxygens (including phenoxy) is 1. The Kier molecular flexibility index (Phi) is 17.5. The van der Waals surface area contributed by atoms with Gasteiger partial charge in [0.2, 0.25) is 0 Å². The molecule has 3 saturated carbocycles. The predicted octanol–water partition coefficient (Wildman–Crippen LogP) is 15.0. The van der Waals surface area contributed by atoms with E-state index >= 15 is 0 Å². The standard InChI is InChI=1S/C48H84O2/c1-8-10-11-12-13-14-15-16-17-18-19-20-21-22-23-24-25-46(49)50-41-32-34-47(6)40(36-41)28-29-42-44-31-30-43(48(44,7)35-33-45(42)47)38(5)26-27-39(9-2)37(3)4/h26-28,37-39,41-45H,8-25,29-36H2,1-7H3/b27-26+. The van der Waals surface area contributed by atoms with Gasteiger partial charge in [0.25, 0.3) is 0 Å². The Bertz CT molecular complexity index is 1040. The van der Waals surface area contributed by atoms with Crippen LogP contribution in [-0.2, 0) is 9.53 Å². The van der Waals surface area contributed by atoms with Gasteiger partial charge in [-0.25, -0.2) is 0 Å². The first-order valence-corrected chi connectivity index (χ1v) is 22.7. The van der Waals surface area contributed by atoms with E-state index in [1.54, 1.807) is 5.57 Å². The summed E-state index contributed by atoms with van der Waals surface area (Å²) in [6, 6.07) is 0. The first-order valence-electron chi connectivity index (χ1n) is 22.7. The van der Waals surface area contributed by atoms with E-state index in [2.05, 4.69) is 66.7 Å². The Morgan fingerprint density at radius 1 is 0.760 bits per heavy atom. The molecule has 0 bridgehead atoms. The van der Waals surface area contributed by atoms with Crippen LogP contribution in [0.3, 0.4) is 0 Å². The number of carbonyl (C=O) groups excluding carboxylic acids is 1. The Balaban J connectivity index is 1.11. The van der Waals surface area contributed by atoms with Crippen LogP contribution in [0, 0.1) is 52.3 Å². The minimum absolute atomic E-state index is 0.0607. The fourth-order valence-electron chi connectivity index (χ4n) is 12.0. The monoisotopic (exact) mass is 693 g/mol. The second-order valence-electron chi connectivity index (χ2n) is 19.0. The van der Waals surface area contributed by atoms with Crippen molar-refractivity contribution in [1.82, 2.24) is 0 Å². The lowest BCUT2D eigenvalue weighted by Gasteiger charge is -2.58. The van der Waals surface area contributed by atoms with Gasteiger partial charge >= 0.3 is 5.97 Å². The Labute approximate surface area is 312 Å². The van der Waals surface area contributed by atoms with E-state index in [0.717, 1.165) is 48.9 Å². The van der Waals surface area contributed by atoms with Crippen molar-refractivity contribution in [1.29, 1.82) is 0 Å². The van der Waals surface area contributed by atoms with E-state index < -0.39 is 0 Å². The van der Waals surface area contributed by atoms with Crippen LogP contribution in [0.4, 0.5) is 0 Å². The lowest BCUT2D eigenvalue weighted by atomic mass is 9.47. The summed E-state index contributed by atoms with van der Waals surface area (Å²) in [5.41, 5.74) is 2.45. The molecular formula is C48H84O2. The highest BCUT2D eigenvalue weighted by atomic mass is 16.5. The quantitative estimate of drug-likeness (QED) is 0.0605. The number of esters is 1. The highest BCUT2D eigenvalue weighted by Gasteiger charge is 2.59. The number of carbonyl (C=O) groups is 1.